The van der Waals surface area contributed by atoms with Crippen LogP contribution in [0.15, 0.2) is 36.4 Å². The molecule has 2 atom stereocenters. The number of halogens is 1. The Bertz CT molecular complexity index is 741. The molecule has 1 aliphatic rings. The lowest BCUT2D eigenvalue weighted by atomic mass is 9.92. The molecule has 1 fully saturated rings. The zero-order valence-electron chi connectivity index (χ0n) is 15.9. The summed E-state index contributed by atoms with van der Waals surface area (Å²) >= 11 is 0. The van der Waals surface area contributed by atoms with E-state index in [1.54, 1.807) is 0 Å². The van der Waals surface area contributed by atoms with Gasteiger partial charge in [0.1, 0.15) is 0 Å². The second-order valence-electron chi connectivity index (χ2n) is 7.37. The quantitative estimate of drug-likeness (QED) is 0.884. The molecule has 1 amide bonds. The lowest BCUT2D eigenvalue weighted by Crippen LogP contribution is -2.49. The van der Waals surface area contributed by atoms with E-state index in [0.717, 1.165) is 42.9 Å². The van der Waals surface area contributed by atoms with Crippen LogP contribution in [0.4, 0.5) is 0 Å². The van der Waals surface area contributed by atoms with Crippen molar-refractivity contribution in [2.75, 3.05) is 13.1 Å². The van der Waals surface area contributed by atoms with E-state index in [2.05, 4.69) is 42.7 Å². The highest BCUT2D eigenvalue weighted by Crippen LogP contribution is 2.26. The van der Waals surface area contributed by atoms with Crippen LogP contribution in [-0.2, 0) is 6.54 Å². The van der Waals surface area contributed by atoms with Crippen molar-refractivity contribution in [3.05, 3.63) is 58.9 Å². The Labute approximate surface area is 162 Å². The van der Waals surface area contributed by atoms with Gasteiger partial charge in [0.15, 0.2) is 0 Å². The molecule has 3 rings (SSSR count). The van der Waals surface area contributed by atoms with Gasteiger partial charge < -0.3 is 15.2 Å². The van der Waals surface area contributed by atoms with Crippen LogP contribution in [0.2, 0.25) is 0 Å². The van der Waals surface area contributed by atoms with Gasteiger partial charge >= 0.3 is 0 Å². The van der Waals surface area contributed by atoms with Crippen molar-refractivity contribution >= 4 is 18.3 Å². The minimum atomic E-state index is 0. The molecule has 5 heteroatoms. The van der Waals surface area contributed by atoms with E-state index in [4.69, 9.17) is 5.73 Å². The van der Waals surface area contributed by atoms with Gasteiger partial charge in [0.2, 0.25) is 0 Å². The number of aromatic nitrogens is 1. The zero-order chi connectivity index (χ0) is 18.0. The van der Waals surface area contributed by atoms with E-state index in [-0.39, 0.29) is 24.4 Å². The topological polar surface area (TPSA) is 51.3 Å². The Morgan fingerprint density at radius 3 is 2.58 bits per heavy atom. The molecule has 4 nitrogen and oxygen atoms in total. The van der Waals surface area contributed by atoms with Crippen molar-refractivity contribution in [1.82, 2.24) is 9.47 Å². The van der Waals surface area contributed by atoms with Gasteiger partial charge in [-0.05, 0) is 44.2 Å². The maximum atomic E-state index is 13.2. The first-order chi connectivity index (χ1) is 12.0. The van der Waals surface area contributed by atoms with Crippen molar-refractivity contribution in [2.24, 2.45) is 11.7 Å². The normalized spacial score (nSPS) is 19.9. The number of nitrogens with two attached hydrogens (primary N) is 1. The molecule has 142 valence electrons. The van der Waals surface area contributed by atoms with Crippen molar-refractivity contribution in [3.63, 3.8) is 0 Å². The van der Waals surface area contributed by atoms with Crippen LogP contribution in [0.25, 0.3) is 0 Å². The van der Waals surface area contributed by atoms with Crippen LogP contribution in [-0.4, -0.2) is 34.5 Å². The average molecular weight is 376 g/mol. The Kier molecular flexibility index (Phi) is 6.90. The smallest absolute Gasteiger partial charge is 0.255 e. The summed E-state index contributed by atoms with van der Waals surface area (Å²) in [6.45, 7) is 8.51. The fraction of sp³-hybridized carbons (Fsp3) is 0.476. The summed E-state index contributed by atoms with van der Waals surface area (Å²) in [7, 11) is 0. The van der Waals surface area contributed by atoms with E-state index < -0.39 is 0 Å². The summed E-state index contributed by atoms with van der Waals surface area (Å²) in [5.74, 6) is 0.776. The van der Waals surface area contributed by atoms with Crippen LogP contribution in [0.3, 0.4) is 0 Å². The van der Waals surface area contributed by atoms with Crippen molar-refractivity contribution in [3.8, 4) is 0 Å². The van der Waals surface area contributed by atoms with Gasteiger partial charge in [0.25, 0.3) is 5.91 Å². The lowest BCUT2D eigenvalue weighted by molar-refractivity contribution is 0.0573. The SMILES string of the molecule is Cc1cc(C(=O)N2CCC(C)CC2CN)c(C)n1Cc1ccccc1.Cl. The van der Waals surface area contributed by atoms with Crippen molar-refractivity contribution in [2.45, 2.75) is 46.2 Å². The summed E-state index contributed by atoms with van der Waals surface area (Å²) in [6, 6.07) is 12.6. The molecule has 0 bridgehead atoms. The van der Waals surface area contributed by atoms with Gasteiger partial charge in [0.05, 0.1) is 5.56 Å². The standard InChI is InChI=1S/C21H29N3O.ClH/c1-15-9-10-23(19(11-15)13-22)21(25)20-12-16(2)24(17(20)3)14-18-7-5-4-6-8-18;/h4-8,12,15,19H,9-11,13-14,22H2,1-3H3;1H. The van der Waals surface area contributed by atoms with Crippen molar-refractivity contribution < 1.29 is 4.79 Å². The molecule has 0 spiro atoms. The van der Waals surface area contributed by atoms with Crippen LogP contribution in [0.1, 0.15) is 47.1 Å². The summed E-state index contributed by atoms with van der Waals surface area (Å²) < 4.78 is 2.23. The minimum Gasteiger partial charge on any atom is -0.344 e. The number of amides is 1. The molecule has 1 aromatic carbocycles. The molecular weight excluding hydrogens is 346 g/mol. The molecule has 0 aliphatic carbocycles. The summed E-state index contributed by atoms with van der Waals surface area (Å²) in [6.07, 6.45) is 2.07. The maximum absolute atomic E-state index is 13.2. The average Bonchev–Trinajstić information content (AvgIpc) is 2.90. The molecule has 2 heterocycles. The van der Waals surface area contributed by atoms with Crippen LogP contribution in [0.5, 0.6) is 0 Å². The van der Waals surface area contributed by atoms with E-state index in [9.17, 15) is 4.79 Å². The van der Waals surface area contributed by atoms with Gasteiger partial charge in [-0.25, -0.2) is 0 Å². The number of hydrogen-bond acceptors (Lipinski definition) is 2. The van der Waals surface area contributed by atoms with Gasteiger partial charge in [-0.2, -0.15) is 0 Å². The first-order valence-electron chi connectivity index (χ1n) is 9.23. The monoisotopic (exact) mass is 375 g/mol. The molecule has 2 aromatic rings. The van der Waals surface area contributed by atoms with E-state index >= 15 is 0 Å². The molecule has 2 N–H and O–H groups in total. The van der Waals surface area contributed by atoms with Gasteiger partial charge in [0, 0.05) is 37.1 Å². The number of benzene rings is 1. The van der Waals surface area contributed by atoms with Crippen LogP contribution >= 0.6 is 12.4 Å². The predicted molar refractivity (Wildman–Crippen MR) is 109 cm³/mol. The second kappa shape index (κ2) is 8.74. The zero-order valence-corrected chi connectivity index (χ0v) is 16.8. The van der Waals surface area contributed by atoms with Crippen LogP contribution in [0, 0.1) is 19.8 Å². The molecule has 0 saturated carbocycles. The number of rotatable bonds is 4. The largest absolute Gasteiger partial charge is 0.344 e. The lowest BCUT2D eigenvalue weighted by Gasteiger charge is -2.38. The number of carbonyl (C=O) groups excluding carboxylic acids is 1. The van der Waals surface area contributed by atoms with E-state index in [1.165, 1.54) is 5.56 Å². The molecule has 1 aromatic heterocycles. The van der Waals surface area contributed by atoms with Gasteiger partial charge in [-0.1, -0.05) is 37.3 Å². The minimum absolute atomic E-state index is 0. The molecular formula is C21H30ClN3O. The highest BCUT2D eigenvalue weighted by molar-refractivity contribution is 5.96. The number of aryl methyl sites for hydroxylation is 1. The number of piperidine rings is 1. The Morgan fingerprint density at radius 1 is 1.23 bits per heavy atom. The summed E-state index contributed by atoms with van der Waals surface area (Å²) in [5, 5.41) is 0. The summed E-state index contributed by atoms with van der Waals surface area (Å²) in [5.41, 5.74) is 10.2. The Balaban J connectivity index is 0.00000243. The number of nitrogens with zero attached hydrogens (tertiary/aromatic N) is 2. The molecule has 0 radical (unpaired) electrons. The summed E-state index contributed by atoms with van der Waals surface area (Å²) in [4.78, 5) is 15.2. The number of hydrogen-bond donors (Lipinski definition) is 1. The maximum Gasteiger partial charge on any atom is 0.255 e. The fourth-order valence-electron chi connectivity index (χ4n) is 3.92. The third-order valence-electron chi connectivity index (χ3n) is 5.50. The highest BCUT2D eigenvalue weighted by atomic mass is 35.5. The Morgan fingerprint density at radius 2 is 1.92 bits per heavy atom. The molecule has 2 unspecified atom stereocenters. The van der Waals surface area contributed by atoms with E-state index in [0.29, 0.717) is 12.5 Å². The third-order valence-corrected chi connectivity index (χ3v) is 5.50. The highest BCUT2D eigenvalue weighted by Gasteiger charge is 2.31. The first-order valence-corrected chi connectivity index (χ1v) is 9.23. The predicted octanol–water partition coefficient (Wildman–Crippen LogP) is 3.77. The van der Waals surface area contributed by atoms with E-state index in [1.807, 2.05) is 24.0 Å². The molecule has 1 aliphatic heterocycles. The van der Waals surface area contributed by atoms with Gasteiger partial charge in [-0.3, -0.25) is 4.79 Å². The van der Waals surface area contributed by atoms with Crippen molar-refractivity contribution in [1.29, 1.82) is 0 Å². The Hall–Kier alpha value is -1.78. The number of likely N-dealkylation sites (tertiary alicyclic amines) is 1. The van der Waals surface area contributed by atoms with Gasteiger partial charge in [-0.15, -0.1) is 12.4 Å². The number of carbonyl (C=O) groups is 1. The second-order valence-corrected chi connectivity index (χ2v) is 7.37. The third kappa shape index (κ3) is 4.13. The van der Waals surface area contributed by atoms with Crippen LogP contribution < -0.4 is 5.73 Å². The molecule has 1 saturated heterocycles. The fourth-order valence-corrected chi connectivity index (χ4v) is 3.92. The first kappa shape index (κ1) is 20.5. The molecule has 26 heavy (non-hydrogen) atoms.